The number of halogens is 4. The van der Waals surface area contributed by atoms with Crippen LogP contribution in [0.1, 0.15) is 54.2 Å². The molecule has 11 nitrogen and oxygen atoms in total. The number of carbonyl (C=O) groups is 4. The number of esters is 2. The molecule has 2 atom stereocenters. The summed E-state index contributed by atoms with van der Waals surface area (Å²) < 4.78 is 88.5. The number of benzene rings is 3. The first kappa shape index (κ1) is 36.0. The number of ether oxygens (including phenoxy) is 2. The standard InChI is InChI=1S/C32H29F4NO10S/c1-19(38)45-17-31(42,18-46-20(2)39)23-7-3-22(4-8-23)29-27(15-16-28(40)21-5-9-24(33)10-6-21)30(41)37(29)25-11-13-26(14-12-25)47-48(43,44)32(34,35)36/h3-14,27,29,42H,15-18H2,1-2H3/t27-,29-/m1/s1. The molecule has 0 aromatic heterocycles. The van der Waals surface area contributed by atoms with Crippen LogP contribution in [-0.2, 0) is 39.6 Å². The number of hydrogen-bond acceptors (Lipinski definition) is 10. The van der Waals surface area contributed by atoms with Crippen LogP contribution in [0.25, 0.3) is 0 Å². The largest absolute Gasteiger partial charge is 0.534 e. The molecule has 1 saturated heterocycles. The van der Waals surface area contributed by atoms with Gasteiger partial charge in [0.2, 0.25) is 5.91 Å². The fourth-order valence-corrected chi connectivity index (χ4v) is 5.50. The molecule has 1 N–H and O–H groups in total. The monoisotopic (exact) mass is 695 g/mol. The Bertz CT molecular complexity index is 1760. The summed E-state index contributed by atoms with van der Waals surface area (Å²) in [5.74, 6) is -4.13. The van der Waals surface area contributed by atoms with Gasteiger partial charge in [-0.25, -0.2) is 4.39 Å². The molecule has 1 heterocycles. The van der Waals surface area contributed by atoms with Gasteiger partial charge in [-0.1, -0.05) is 24.3 Å². The van der Waals surface area contributed by atoms with Gasteiger partial charge in [-0.2, -0.15) is 21.6 Å². The normalized spacial score (nSPS) is 16.6. The number of β-lactam (4-membered cyclic amide) rings is 1. The minimum absolute atomic E-state index is 0.0613. The average molecular weight is 696 g/mol. The zero-order valence-electron chi connectivity index (χ0n) is 25.4. The molecule has 0 spiro atoms. The topological polar surface area (TPSA) is 154 Å². The first-order chi connectivity index (χ1) is 22.4. The first-order valence-electron chi connectivity index (χ1n) is 14.2. The van der Waals surface area contributed by atoms with Crippen molar-refractivity contribution >= 4 is 39.4 Å². The molecular weight excluding hydrogens is 666 g/mol. The number of ketones is 1. The number of rotatable bonds is 13. The quantitative estimate of drug-likeness (QED) is 0.0663. The van der Waals surface area contributed by atoms with E-state index in [1.54, 1.807) is 12.1 Å². The number of hydrogen-bond donors (Lipinski definition) is 1. The van der Waals surface area contributed by atoms with Crippen LogP contribution in [0, 0.1) is 11.7 Å². The molecule has 0 bridgehead atoms. The fraction of sp³-hybridized carbons (Fsp3) is 0.312. The highest BCUT2D eigenvalue weighted by Crippen LogP contribution is 2.46. The summed E-state index contributed by atoms with van der Waals surface area (Å²) in [6.45, 7) is 1.17. The van der Waals surface area contributed by atoms with Crippen molar-refractivity contribution in [2.45, 2.75) is 43.8 Å². The number of amides is 1. The second kappa shape index (κ2) is 14.1. The molecular formula is C32H29F4NO10S. The van der Waals surface area contributed by atoms with E-state index in [0.717, 1.165) is 38.1 Å². The summed E-state index contributed by atoms with van der Waals surface area (Å²) in [6.07, 6.45) is -0.0249. The van der Waals surface area contributed by atoms with Gasteiger partial charge >= 0.3 is 27.6 Å². The summed E-state index contributed by atoms with van der Waals surface area (Å²) in [7, 11) is -5.93. The van der Waals surface area contributed by atoms with E-state index in [4.69, 9.17) is 9.47 Å². The molecule has 1 aliphatic heterocycles. The minimum atomic E-state index is -5.93. The Morgan fingerprint density at radius 3 is 1.90 bits per heavy atom. The molecule has 3 aromatic rings. The van der Waals surface area contributed by atoms with Crippen LogP contribution >= 0.6 is 0 Å². The molecule has 4 rings (SSSR count). The molecule has 1 aliphatic rings. The van der Waals surface area contributed by atoms with E-state index >= 15 is 0 Å². The lowest BCUT2D eigenvalue weighted by atomic mass is 9.78. The maximum atomic E-state index is 13.5. The maximum Gasteiger partial charge on any atom is 0.534 e. The molecule has 1 fully saturated rings. The van der Waals surface area contributed by atoms with Crippen LogP contribution in [0.2, 0.25) is 0 Å². The van der Waals surface area contributed by atoms with E-state index < -0.39 is 75.8 Å². The van der Waals surface area contributed by atoms with Crippen molar-refractivity contribution in [3.63, 3.8) is 0 Å². The van der Waals surface area contributed by atoms with Crippen LogP contribution in [0.3, 0.4) is 0 Å². The number of aliphatic hydroxyl groups is 1. The van der Waals surface area contributed by atoms with E-state index in [9.17, 15) is 50.3 Å². The third-order valence-corrected chi connectivity index (χ3v) is 8.46. The zero-order chi connectivity index (χ0) is 35.4. The molecule has 3 aromatic carbocycles. The van der Waals surface area contributed by atoms with Gasteiger partial charge in [0, 0.05) is 31.5 Å². The Balaban J connectivity index is 1.63. The Labute approximate surface area is 272 Å². The van der Waals surface area contributed by atoms with Crippen molar-refractivity contribution in [1.29, 1.82) is 0 Å². The van der Waals surface area contributed by atoms with Crippen molar-refractivity contribution in [2.75, 3.05) is 18.1 Å². The highest BCUT2D eigenvalue weighted by atomic mass is 32.2. The van der Waals surface area contributed by atoms with Crippen molar-refractivity contribution in [2.24, 2.45) is 5.92 Å². The Morgan fingerprint density at radius 2 is 1.40 bits per heavy atom. The molecule has 256 valence electrons. The Kier molecular flexibility index (Phi) is 10.6. The van der Waals surface area contributed by atoms with Crippen LogP contribution in [-0.4, -0.2) is 55.9 Å². The summed E-state index contributed by atoms with van der Waals surface area (Å²) in [5.41, 5.74) is -6.48. The van der Waals surface area contributed by atoms with Gasteiger partial charge in [0.25, 0.3) is 0 Å². The van der Waals surface area contributed by atoms with E-state index in [2.05, 4.69) is 4.18 Å². The molecule has 0 radical (unpaired) electrons. The number of Topliss-reactive ketones (excluding diaryl/α,β-unsaturated/α-hetero) is 1. The Hall–Kier alpha value is -4.83. The summed E-state index contributed by atoms with van der Waals surface area (Å²) in [6, 6.07) is 14.5. The van der Waals surface area contributed by atoms with Crippen molar-refractivity contribution < 1.29 is 63.9 Å². The van der Waals surface area contributed by atoms with Crippen molar-refractivity contribution in [3.8, 4) is 5.75 Å². The summed E-state index contributed by atoms with van der Waals surface area (Å²) >= 11 is 0. The molecule has 0 unspecified atom stereocenters. The number of alkyl halides is 3. The number of nitrogens with zero attached hydrogens (tertiary/aromatic N) is 1. The van der Waals surface area contributed by atoms with Crippen molar-refractivity contribution in [3.05, 3.63) is 95.3 Å². The average Bonchev–Trinajstić information content (AvgIpc) is 3.02. The predicted octanol–water partition coefficient (Wildman–Crippen LogP) is 4.74. The van der Waals surface area contributed by atoms with E-state index in [1.807, 2.05) is 0 Å². The van der Waals surface area contributed by atoms with Gasteiger partial charge in [0.05, 0.1) is 12.0 Å². The number of carbonyl (C=O) groups excluding carboxylic acids is 4. The SMILES string of the molecule is CC(=O)OCC(O)(COC(C)=O)c1ccc([C@@H]2[C@@H](CCC(=O)c3ccc(F)cc3)C(=O)N2c2ccc(OS(=O)(=O)C(F)(F)F)cc2)cc1. The van der Waals surface area contributed by atoms with Crippen LogP contribution in [0.15, 0.2) is 72.8 Å². The van der Waals surface area contributed by atoms with Gasteiger partial charge in [0.15, 0.2) is 11.4 Å². The van der Waals surface area contributed by atoms with Gasteiger partial charge in [-0.05, 0) is 66.1 Å². The van der Waals surface area contributed by atoms with E-state index in [-0.39, 0.29) is 35.4 Å². The van der Waals surface area contributed by atoms with Crippen molar-refractivity contribution in [1.82, 2.24) is 0 Å². The lowest BCUT2D eigenvalue weighted by Gasteiger charge is -2.47. The van der Waals surface area contributed by atoms with Crippen LogP contribution in [0.4, 0.5) is 23.2 Å². The highest BCUT2D eigenvalue weighted by molar-refractivity contribution is 7.88. The summed E-state index contributed by atoms with van der Waals surface area (Å²) in [5, 5.41) is 11.2. The molecule has 48 heavy (non-hydrogen) atoms. The molecule has 0 aliphatic carbocycles. The smallest absolute Gasteiger partial charge is 0.462 e. The van der Waals surface area contributed by atoms with Gasteiger partial charge < -0.3 is 23.7 Å². The predicted molar refractivity (Wildman–Crippen MR) is 159 cm³/mol. The second-order valence-corrected chi connectivity index (χ2v) is 12.5. The Morgan fingerprint density at radius 1 is 0.854 bits per heavy atom. The highest BCUT2D eigenvalue weighted by Gasteiger charge is 2.50. The van der Waals surface area contributed by atoms with Gasteiger partial charge in [0.1, 0.15) is 24.8 Å². The molecule has 0 saturated carbocycles. The van der Waals surface area contributed by atoms with Crippen LogP contribution in [0.5, 0.6) is 5.75 Å². The maximum absolute atomic E-state index is 13.5. The third-order valence-electron chi connectivity index (χ3n) is 7.48. The molecule has 1 amide bonds. The van der Waals surface area contributed by atoms with Crippen LogP contribution < -0.4 is 9.08 Å². The first-order valence-corrected chi connectivity index (χ1v) is 15.6. The van der Waals surface area contributed by atoms with Gasteiger partial charge in [-0.15, -0.1) is 0 Å². The second-order valence-electron chi connectivity index (χ2n) is 10.9. The summed E-state index contributed by atoms with van der Waals surface area (Å²) in [4.78, 5) is 50.4. The fourth-order valence-electron chi connectivity index (χ4n) is 5.04. The minimum Gasteiger partial charge on any atom is -0.462 e. The lowest BCUT2D eigenvalue weighted by Crippen LogP contribution is -2.55. The molecule has 16 heteroatoms. The number of anilines is 1. The van der Waals surface area contributed by atoms with E-state index in [1.165, 1.54) is 41.3 Å². The lowest BCUT2D eigenvalue weighted by molar-refractivity contribution is -0.161. The third kappa shape index (κ3) is 8.17. The van der Waals surface area contributed by atoms with Gasteiger partial charge in [-0.3, -0.25) is 19.2 Å². The zero-order valence-corrected chi connectivity index (χ0v) is 26.2. The van der Waals surface area contributed by atoms with E-state index in [0.29, 0.717) is 5.56 Å².